The fourth-order valence-electron chi connectivity index (χ4n) is 2.69. The summed E-state index contributed by atoms with van der Waals surface area (Å²) in [4.78, 5) is 16.3. The zero-order valence-corrected chi connectivity index (χ0v) is 14.6. The number of hydrogen-bond donors (Lipinski definition) is 0. The lowest BCUT2D eigenvalue weighted by Gasteiger charge is -2.36. The number of hydrogen-bond acceptors (Lipinski definition) is 3. The first-order valence-electron chi connectivity index (χ1n) is 7.78. The summed E-state index contributed by atoms with van der Waals surface area (Å²) in [5, 5.41) is 1.24. The van der Waals surface area contributed by atoms with Gasteiger partial charge in [-0.2, -0.15) is 0 Å². The Bertz CT molecular complexity index is 681. The average molecular weight is 365 g/mol. The summed E-state index contributed by atoms with van der Waals surface area (Å²) in [6, 6.07) is 14.9. The van der Waals surface area contributed by atoms with Gasteiger partial charge in [-0.15, -0.1) is 0 Å². The smallest absolute Gasteiger partial charge is 0.260 e. The van der Waals surface area contributed by atoms with E-state index in [1.807, 2.05) is 47.4 Å². The van der Waals surface area contributed by atoms with E-state index >= 15 is 0 Å². The molecule has 0 aromatic heterocycles. The summed E-state index contributed by atoms with van der Waals surface area (Å²) in [7, 11) is 0. The quantitative estimate of drug-likeness (QED) is 0.828. The van der Waals surface area contributed by atoms with E-state index < -0.39 is 0 Å². The van der Waals surface area contributed by atoms with Crippen molar-refractivity contribution in [2.75, 3.05) is 37.7 Å². The molecule has 24 heavy (non-hydrogen) atoms. The van der Waals surface area contributed by atoms with Gasteiger partial charge in [-0.25, -0.2) is 0 Å². The summed E-state index contributed by atoms with van der Waals surface area (Å²) >= 11 is 12.1. The molecule has 0 spiro atoms. The number of anilines is 1. The van der Waals surface area contributed by atoms with Crippen molar-refractivity contribution < 1.29 is 9.53 Å². The van der Waals surface area contributed by atoms with Crippen LogP contribution in [0.4, 0.5) is 5.69 Å². The van der Waals surface area contributed by atoms with Crippen molar-refractivity contribution in [2.45, 2.75) is 0 Å². The van der Waals surface area contributed by atoms with Gasteiger partial charge in [-0.1, -0.05) is 41.4 Å². The second kappa shape index (κ2) is 7.77. The molecule has 0 atom stereocenters. The molecule has 2 aromatic carbocycles. The van der Waals surface area contributed by atoms with E-state index in [4.69, 9.17) is 27.9 Å². The van der Waals surface area contributed by atoms with Gasteiger partial charge in [-0.05, 0) is 30.3 Å². The van der Waals surface area contributed by atoms with E-state index in [1.165, 1.54) is 0 Å². The maximum Gasteiger partial charge on any atom is 0.260 e. The molecule has 0 aliphatic carbocycles. The standard InChI is InChI=1S/C18H18Cl2N2O2/c19-14-10-15(20)12-16(11-14)21-6-8-22(9-7-21)18(23)13-24-17-4-2-1-3-5-17/h1-5,10-12H,6-9,13H2. The summed E-state index contributed by atoms with van der Waals surface area (Å²) in [6.45, 7) is 2.86. The molecule has 2 aromatic rings. The first kappa shape index (κ1) is 16.9. The molecule has 0 radical (unpaired) electrons. The summed E-state index contributed by atoms with van der Waals surface area (Å²) < 4.78 is 5.52. The lowest BCUT2D eigenvalue weighted by molar-refractivity contribution is -0.133. The molecule has 3 rings (SSSR count). The lowest BCUT2D eigenvalue weighted by Crippen LogP contribution is -2.50. The Hall–Kier alpha value is -1.91. The van der Waals surface area contributed by atoms with Crippen LogP contribution >= 0.6 is 23.2 Å². The highest BCUT2D eigenvalue weighted by atomic mass is 35.5. The number of nitrogens with zero attached hydrogens (tertiary/aromatic N) is 2. The van der Waals surface area contributed by atoms with Crippen LogP contribution in [-0.4, -0.2) is 43.6 Å². The third kappa shape index (κ3) is 4.34. The van der Waals surface area contributed by atoms with Crippen molar-refractivity contribution in [1.29, 1.82) is 0 Å². The van der Waals surface area contributed by atoms with Crippen LogP contribution in [0.1, 0.15) is 0 Å². The molecule has 1 heterocycles. The molecule has 126 valence electrons. The Morgan fingerprint density at radius 1 is 0.958 bits per heavy atom. The molecule has 0 N–H and O–H groups in total. The maximum atomic E-state index is 12.3. The van der Waals surface area contributed by atoms with Crippen molar-refractivity contribution in [3.63, 3.8) is 0 Å². The van der Waals surface area contributed by atoms with E-state index in [9.17, 15) is 4.79 Å². The Kier molecular flexibility index (Phi) is 5.48. The molecule has 0 saturated carbocycles. The van der Waals surface area contributed by atoms with Gasteiger partial charge in [0.1, 0.15) is 5.75 Å². The van der Waals surface area contributed by atoms with Gasteiger partial charge in [0.15, 0.2) is 6.61 Å². The molecule has 1 aliphatic heterocycles. The summed E-state index contributed by atoms with van der Waals surface area (Å²) in [5.74, 6) is 0.709. The second-order valence-corrected chi connectivity index (χ2v) is 6.47. The van der Waals surface area contributed by atoms with Gasteiger partial charge >= 0.3 is 0 Å². The molecule has 4 nitrogen and oxygen atoms in total. The predicted octanol–water partition coefficient (Wildman–Crippen LogP) is 3.72. The normalized spacial score (nSPS) is 14.6. The average Bonchev–Trinajstić information content (AvgIpc) is 2.60. The highest BCUT2D eigenvalue weighted by molar-refractivity contribution is 6.35. The fraction of sp³-hybridized carbons (Fsp3) is 0.278. The van der Waals surface area contributed by atoms with Gasteiger partial charge in [0.2, 0.25) is 0 Å². The highest BCUT2D eigenvalue weighted by Crippen LogP contribution is 2.26. The number of benzene rings is 2. The van der Waals surface area contributed by atoms with Crippen molar-refractivity contribution in [3.05, 3.63) is 58.6 Å². The van der Waals surface area contributed by atoms with Gasteiger partial charge in [0.05, 0.1) is 0 Å². The van der Waals surface area contributed by atoms with Crippen molar-refractivity contribution in [3.8, 4) is 5.75 Å². The SMILES string of the molecule is O=C(COc1ccccc1)N1CCN(c2cc(Cl)cc(Cl)c2)CC1. The van der Waals surface area contributed by atoms with E-state index in [0.29, 0.717) is 28.9 Å². The van der Waals surface area contributed by atoms with Crippen molar-refractivity contribution in [2.24, 2.45) is 0 Å². The van der Waals surface area contributed by atoms with Crippen LogP contribution in [0.2, 0.25) is 10.0 Å². The van der Waals surface area contributed by atoms with Gasteiger partial charge in [0.25, 0.3) is 5.91 Å². The summed E-state index contributed by atoms with van der Waals surface area (Å²) in [5.41, 5.74) is 0.986. The molecule has 1 aliphatic rings. The number of carbonyl (C=O) groups excluding carboxylic acids is 1. The number of halogens is 2. The zero-order valence-electron chi connectivity index (χ0n) is 13.1. The first-order valence-corrected chi connectivity index (χ1v) is 8.54. The molecular formula is C18H18Cl2N2O2. The van der Waals surface area contributed by atoms with Crippen LogP contribution in [-0.2, 0) is 4.79 Å². The van der Waals surface area contributed by atoms with Crippen LogP contribution in [0.15, 0.2) is 48.5 Å². The molecule has 1 amide bonds. The van der Waals surface area contributed by atoms with Crippen molar-refractivity contribution in [1.82, 2.24) is 4.90 Å². The minimum atomic E-state index is 0.00243. The zero-order chi connectivity index (χ0) is 16.9. The molecule has 1 fully saturated rings. The van der Waals surface area contributed by atoms with E-state index in [1.54, 1.807) is 6.07 Å². The molecule has 0 unspecified atom stereocenters. The highest BCUT2D eigenvalue weighted by Gasteiger charge is 2.22. The molecule has 0 bridgehead atoms. The predicted molar refractivity (Wildman–Crippen MR) is 97.2 cm³/mol. The minimum absolute atomic E-state index is 0.00243. The Balaban J connectivity index is 1.52. The molecule has 1 saturated heterocycles. The van der Waals surface area contributed by atoms with Gasteiger partial charge < -0.3 is 14.5 Å². The third-order valence-corrected chi connectivity index (χ3v) is 4.39. The largest absolute Gasteiger partial charge is 0.484 e. The second-order valence-electron chi connectivity index (χ2n) is 5.60. The third-order valence-electron chi connectivity index (χ3n) is 3.95. The molecule has 6 heteroatoms. The topological polar surface area (TPSA) is 32.8 Å². The van der Waals surface area contributed by atoms with Crippen LogP contribution < -0.4 is 9.64 Å². The summed E-state index contributed by atoms with van der Waals surface area (Å²) in [6.07, 6.45) is 0. The van der Waals surface area contributed by atoms with E-state index in [0.717, 1.165) is 18.8 Å². The van der Waals surface area contributed by atoms with Gasteiger partial charge in [-0.3, -0.25) is 4.79 Å². The van der Waals surface area contributed by atoms with Gasteiger partial charge in [0, 0.05) is 41.9 Å². The number of amides is 1. The number of carbonyl (C=O) groups is 1. The van der Waals surface area contributed by atoms with Crippen molar-refractivity contribution >= 4 is 34.8 Å². The van der Waals surface area contributed by atoms with Crippen LogP contribution in [0, 0.1) is 0 Å². The fourth-order valence-corrected chi connectivity index (χ4v) is 3.20. The van der Waals surface area contributed by atoms with Crippen LogP contribution in [0.25, 0.3) is 0 Å². The Morgan fingerprint density at radius 2 is 1.58 bits per heavy atom. The minimum Gasteiger partial charge on any atom is -0.484 e. The van der Waals surface area contributed by atoms with E-state index in [2.05, 4.69) is 4.90 Å². The number of piperazine rings is 1. The number of rotatable bonds is 4. The first-order chi connectivity index (χ1) is 11.6. The van der Waals surface area contributed by atoms with Crippen LogP contribution in [0.3, 0.4) is 0 Å². The Labute approximate surface area is 151 Å². The monoisotopic (exact) mass is 364 g/mol. The lowest BCUT2D eigenvalue weighted by atomic mass is 10.2. The Morgan fingerprint density at radius 3 is 2.21 bits per heavy atom. The van der Waals surface area contributed by atoms with Crippen LogP contribution in [0.5, 0.6) is 5.75 Å². The maximum absolute atomic E-state index is 12.3. The number of ether oxygens (including phenoxy) is 1. The molecular weight excluding hydrogens is 347 g/mol. The van der Waals surface area contributed by atoms with E-state index in [-0.39, 0.29) is 12.5 Å². The number of para-hydroxylation sites is 1.